The molecular weight excluding hydrogens is 415 g/mol. The summed E-state index contributed by atoms with van der Waals surface area (Å²) in [5.74, 6) is -0.759. The number of benzene rings is 2. The minimum absolute atomic E-state index is 0.0598. The Balaban J connectivity index is 1.81. The first-order valence-electron chi connectivity index (χ1n) is 8.77. The molecule has 0 fully saturated rings. The number of hydrogen-bond acceptors (Lipinski definition) is 7. The van der Waals surface area contributed by atoms with Gasteiger partial charge in [-0.25, -0.2) is 17.5 Å². The molecule has 0 spiro atoms. The molecule has 30 heavy (non-hydrogen) atoms. The molecule has 1 amide bonds. The Morgan fingerprint density at radius 3 is 2.73 bits per heavy atom. The number of nitrogens with zero attached hydrogens (tertiary/aromatic N) is 4. The van der Waals surface area contributed by atoms with E-state index in [0.717, 1.165) is 0 Å². The minimum atomic E-state index is -3.79. The van der Waals surface area contributed by atoms with Crippen molar-refractivity contribution in [2.24, 2.45) is 0 Å². The van der Waals surface area contributed by atoms with Crippen molar-refractivity contribution < 1.29 is 22.3 Å². The van der Waals surface area contributed by atoms with Crippen LogP contribution in [0.25, 0.3) is 5.69 Å². The Morgan fingerprint density at radius 1 is 1.23 bits per heavy atom. The normalized spacial score (nSPS) is 11.4. The first kappa shape index (κ1) is 21.5. The topological polar surface area (TPSA) is 128 Å². The van der Waals surface area contributed by atoms with Crippen LogP contribution in [0.2, 0.25) is 0 Å². The molecule has 0 aliphatic carbocycles. The number of carbonyl (C=O) groups is 1. The molecule has 0 saturated carbocycles. The largest absolute Gasteiger partial charge is 0.383 e. The van der Waals surface area contributed by atoms with Crippen LogP contribution in [0.5, 0.6) is 0 Å². The van der Waals surface area contributed by atoms with E-state index in [9.17, 15) is 17.6 Å². The van der Waals surface area contributed by atoms with Crippen molar-refractivity contribution in [1.29, 1.82) is 0 Å². The SMILES string of the molecule is COCCNS(=O)(=O)c1cccc(C(=O)Nc2ccc(F)c(-n3nnnc3C)c2)c1. The van der Waals surface area contributed by atoms with Gasteiger partial charge in [0, 0.05) is 24.9 Å². The van der Waals surface area contributed by atoms with Crippen molar-refractivity contribution >= 4 is 21.6 Å². The van der Waals surface area contributed by atoms with Crippen LogP contribution in [0.4, 0.5) is 10.1 Å². The second kappa shape index (κ2) is 9.07. The predicted octanol–water partition coefficient (Wildman–Crippen LogP) is 1.29. The van der Waals surface area contributed by atoms with Crippen molar-refractivity contribution in [3.63, 3.8) is 0 Å². The molecule has 0 aliphatic rings. The number of methoxy groups -OCH3 is 1. The van der Waals surface area contributed by atoms with Crippen molar-refractivity contribution in [2.45, 2.75) is 11.8 Å². The van der Waals surface area contributed by atoms with Crippen LogP contribution >= 0.6 is 0 Å². The lowest BCUT2D eigenvalue weighted by Gasteiger charge is -2.10. The van der Waals surface area contributed by atoms with E-state index >= 15 is 0 Å². The van der Waals surface area contributed by atoms with Gasteiger partial charge >= 0.3 is 0 Å². The molecular formula is C18H19FN6O4S. The van der Waals surface area contributed by atoms with Crippen molar-refractivity contribution in [2.75, 3.05) is 25.6 Å². The maximum atomic E-state index is 14.2. The lowest BCUT2D eigenvalue weighted by atomic mass is 10.2. The van der Waals surface area contributed by atoms with E-state index in [1.54, 1.807) is 6.92 Å². The maximum absolute atomic E-state index is 14.2. The number of hydrogen-bond donors (Lipinski definition) is 2. The summed E-state index contributed by atoms with van der Waals surface area (Å²) in [5.41, 5.74) is 0.473. The van der Waals surface area contributed by atoms with E-state index in [-0.39, 0.29) is 35.0 Å². The summed E-state index contributed by atoms with van der Waals surface area (Å²) in [4.78, 5) is 12.6. The lowest BCUT2D eigenvalue weighted by Crippen LogP contribution is -2.27. The predicted molar refractivity (Wildman–Crippen MR) is 105 cm³/mol. The monoisotopic (exact) mass is 434 g/mol. The zero-order valence-corrected chi connectivity index (χ0v) is 17.0. The molecule has 2 aromatic carbocycles. The molecule has 1 aromatic heterocycles. The molecule has 0 aliphatic heterocycles. The van der Waals surface area contributed by atoms with Gasteiger partial charge < -0.3 is 10.1 Å². The number of aryl methyl sites for hydroxylation is 1. The van der Waals surface area contributed by atoms with Gasteiger partial charge in [0.15, 0.2) is 5.82 Å². The van der Waals surface area contributed by atoms with E-state index < -0.39 is 21.7 Å². The van der Waals surface area contributed by atoms with E-state index in [0.29, 0.717) is 5.82 Å². The molecule has 10 nitrogen and oxygen atoms in total. The minimum Gasteiger partial charge on any atom is -0.383 e. The average Bonchev–Trinajstić information content (AvgIpc) is 3.15. The summed E-state index contributed by atoms with van der Waals surface area (Å²) in [6, 6.07) is 9.49. The fourth-order valence-corrected chi connectivity index (χ4v) is 3.63. The highest BCUT2D eigenvalue weighted by Crippen LogP contribution is 2.20. The van der Waals surface area contributed by atoms with Crippen LogP contribution in [-0.4, -0.2) is 54.8 Å². The first-order valence-corrected chi connectivity index (χ1v) is 10.2. The molecule has 0 bridgehead atoms. The molecule has 3 aromatic rings. The third kappa shape index (κ3) is 4.84. The number of rotatable bonds is 8. The Bertz CT molecular complexity index is 1160. The van der Waals surface area contributed by atoms with Gasteiger partial charge in [-0.05, 0) is 53.7 Å². The van der Waals surface area contributed by atoms with Crippen molar-refractivity contribution in [3.05, 3.63) is 59.7 Å². The number of sulfonamides is 1. The van der Waals surface area contributed by atoms with Gasteiger partial charge in [0.1, 0.15) is 11.5 Å². The molecule has 0 unspecified atom stereocenters. The number of carbonyl (C=O) groups excluding carboxylic acids is 1. The summed E-state index contributed by atoms with van der Waals surface area (Å²) in [6.07, 6.45) is 0. The Morgan fingerprint density at radius 2 is 2.03 bits per heavy atom. The third-order valence-electron chi connectivity index (χ3n) is 4.06. The molecule has 1 heterocycles. The van der Waals surface area contributed by atoms with Gasteiger partial charge in [0.2, 0.25) is 10.0 Å². The number of tetrazole rings is 1. The van der Waals surface area contributed by atoms with Gasteiger partial charge in [0.25, 0.3) is 5.91 Å². The summed E-state index contributed by atoms with van der Waals surface area (Å²) in [5, 5.41) is 13.5. The smallest absolute Gasteiger partial charge is 0.255 e. The van der Waals surface area contributed by atoms with Gasteiger partial charge in [-0.1, -0.05) is 6.07 Å². The second-order valence-corrected chi connectivity index (χ2v) is 7.94. The Kier molecular flexibility index (Phi) is 6.50. The zero-order chi connectivity index (χ0) is 21.7. The lowest BCUT2D eigenvalue weighted by molar-refractivity contribution is 0.102. The third-order valence-corrected chi connectivity index (χ3v) is 5.52. The van der Waals surface area contributed by atoms with Crippen LogP contribution in [0.15, 0.2) is 47.4 Å². The van der Waals surface area contributed by atoms with Crippen LogP contribution in [-0.2, 0) is 14.8 Å². The van der Waals surface area contributed by atoms with E-state index in [1.165, 1.54) is 54.3 Å². The van der Waals surface area contributed by atoms with Gasteiger partial charge in [0.05, 0.1) is 11.5 Å². The molecule has 0 atom stereocenters. The number of aromatic nitrogens is 4. The quantitative estimate of drug-likeness (QED) is 0.511. The molecule has 2 N–H and O–H groups in total. The fourth-order valence-electron chi connectivity index (χ4n) is 2.58. The van der Waals surface area contributed by atoms with Crippen molar-refractivity contribution in [3.8, 4) is 5.69 Å². The molecule has 12 heteroatoms. The number of amides is 1. The van der Waals surface area contributed by atoms with Gasteiger partial charge in [-0.2, -0.15) is 4.68 Å². The summed E-state index contributed by atoms with van der Waals surface area (Å²) in [7, 11) is -2.33. The number of nitrogens with one attached hydrogen (secondary N) is 2. The van der Waals surface area contributed by atoms with Crippen LogP contribution in [0, 0.1) is 12.7 Å². The Labute approximate surface area is 172 Å². The number of halogens is 1. The van der Waals surface area contributed by atoms with Gasteiger partial charge in [-0.15, -0.1) is 5.10 Å². The highest BCUT2D eigenvalue weighted by molar-refractivity contribution is 7.89. The van der Waals surface area contributed by atoms with E-state index in [1.807, 2.05) is 0 Å². The molecule has 0 radical (unpaired) electrons. The highest BCUT2D eigenvalue weighted by atomic mass is 32.2. The number of anilines is 1. The van der Waals surface area contributed by atoms with Crippen LogP contribution < -0.4 is 10.0 Å². The van der Waals surface area contributed by atoms with E-state index in [2.05, 4.69) is 25.6 Å². The Hall–Kier alpha value is -3.22. The van der Waals surface area contributed by atoms with Crippen LogP contribution in [0.3, 0.4) is 0 Å². The first-order chi connectivity index (χ1) is 14.3. The summed E-state index contributed by atoms with van der Waals surface area (Å²) >= 11 is 0. The van der Waals surface area contributed by atoms with E-state index in [4.69, 9.17) is 4.74 Å². The fraction of sp³-hybridized carbons (Fsp3) is 0.222. The summed E-state index contributed by atoms with van der Waals surface area (Å²) in [6.45, 7) is 1.93. The number of ether oxygens (including phenoxy) is 1. The highest BCUT2D eigenvalue weighted by Gasteiger charge is 2.17. The standard InChI is InChI=1S/C18H19FN6O4S/c1-12-22-23-24-25(12)17-11-14(6-7-16(17)19)21-18(26)13-4-3-5-15(10-13)30(27,28)20-8-9-29-2/h3-7,10-11,20H,8-9H2,1-2H3,(H,21,26). The maximum Gasteiger partial charge on any atom is 0.255 e. The summed E-state index contributed by atoms with van der Waals surface area (Å²) < 4.78 is 47.2. The van der Waals surface area contributed by atoms with Crippen LogP contribution in [0.1, 0.15) is 16.2 Å². The molecule has 158 valence electrons. The zero-order valence-electron chi connectivity index (χ0n) is 16.2. The van der Waals surface area contributed by atoms with Gasteiger partial charge in [-0.3, -0.25) is 4.79 Å². The molecule has 3 rings (SSSR count). The average molecular weight is 434 g/mol. The second-order valence-electron chi connectivity index (χ2n) is 6.18. The molecule has 0 saturated heterocycles. The van der Waals surface area contributed by atoms with Crippen molar-refractivity contribution in [1.82, 2.24) is 24.9 Å².